The fraction of sp³-hybridized carbons (Fsp3) is 0.0526. The quantitative estimate of drug-likeness (QED) is 0.594. The molecule has 3 rings (SSSR count). The molecule has 26 heavy (non-hydrogen) atoms. The van der Waals surface area contributed by atoms with Gasteiger partial charge in [0.05, 0.1) is 10.9 Å². The lowest BCUT2D eigenvalue weighted by atomic mass is 10.4. The lowest BCUT2D eigenvalue weighted by Crippen LogP contribution is -2.68. The highest BCUT2D eigenvalue weighted by molar-refractivity contribution is 7.99. The summed E-state index contributed by atoms with van der Waals surface area (Å²) >= 11 is 1.81. The monoisotopic (exact) mass is 408 g/mol. The molecular weight excluding hydrogens is 392 g/mol. The third kappa shape index (κ3) is 7.80. The van der Waals surface area contributed by atoms with Crippen LogP contribution in [0.4, 0.5) is 0 Å². The van der Waals surface area contributed by atoms with E-state index in [9.17, 15) is 0 Å². The molecule has 7 heteroatoms. The molecule has 3 aromatic rings. The molecule has 0 aromatic heterocycles. The van der Waals surface area contributed by atoms with Gasteiger partial charge in [-0.2, -0.15) is 0 Å². The van der Waals surface area contributed by atoms with Crippen molar-refractivity contribution in [1.29, 1.82) is 0 Å². The molecule has 4 nitrogen and oxygen atoms in total. The Labute approximate surface area is 162 Å². The van der Waals surface area contributed by atoms with Crippen molar-refractivity contribution in [3.63, 3.8) is 0 Å². The zero-order valence-electron chi connectivity index (χ0n) is 13.9. The van der Waals surface area contributed by atoms with Crippen LogP contribution in [0.1, 0.15) is 0 Å². The van der Waals surface area contributed by atoms with Crippen molar-refractivity contribution >= 4 is 22.7 Å². The minimum absolute atomic E-state index is 0.139. The van der Waals surface area contributed by atoms with E-state index < -0.39 is 10.2 Å². The Morgan fingerprint density at radius 1 is 0.615 bits per heavy atom. The fourth-order valence-electron chi connectivity index (χ4n) is 2.10. The number of halogens is 1. The highest BCUT2D eigenvalue weighted by Crippen LogP contribution is 2.29. The number of rotatable bonds is 4. The molecule has 0 amide bonds. The maximum atomic E-state index is 8.49. The van der Waals surface area contributed by atoms with E-state index in [2.05, 4.69) is 91.2 Å². The van der Waals surface area contributed by atoms with Gasteiger partial charge in [-0.25, -0.2) is 18.6 Å². The summed E-state index contributed by atoms with van der Waals surface area (Å²) in [6.45, 7) is 0. The van der Waals surface area contributed by atoms with E-state index in [1.807, 2.05) is 0 Å². The molecule has 1 unspecified atom stereocenters. The lowest BCUT2D eigenvalue weighted by molar-refractivity contribution is -2.00. The molecule has 0 radical (unpaired) electrons. The largest absolute Gasteiger partial charge is 0.222 e. The smallest absolute Gasteiger partial charge is 0.160 e. The number of benzene rings is 3. The first-order valence-electron chi connectivity index (χ1n) is 7.48. The molecule has 0 saturated heterocycles. The lowest BCUT2D eigenvalue weighted by Gasteiger charge is -2.17. The molecule has 0 bridgehead atoms. The van der Waals surface area contributed by atoms with Gasteiger partial charge in [0, 0.05) is 9.79 Å². The third-order valence-corrected chi connectivity index (χ3v) is 6.23. The van der Waals surface area contributed by atoms with E-state index in [-0.39, 0.29) is 10.9 Å². The van der Waals surface area contributed by atoms with Gasteiger partial charge in [-0.3, -0.25) is 0 Å². The first-order chi connectivity index (χ1) is 12.3. The van der Waals surface area contributed by atoms with Gasteiger partial charge in [0.25, 0.3) is 0 Å². The van der Waals surface area contributed by atoms with Gasteiger partial charge >= 0.3 is 0 Å². The molecule has 0 aliphatic heterocycles. The van der Waals surface area contributed by atoms with E-state index in [1.54, 1.807) is 11.8 Å². The van der Waals surface area contributed by atoms with Crippen molar-refractivity contribution in [2.75, 3.05) is 6.26 Å². The Balaban J connectivity index is 0.000000431. The molecule has 3 aromatic carbocycles. The summed E-state index contributed by atoms with van der Waals surface area (Å²) < 4.78 is 34.0. The zero-order valence-corrected chi connectivity index (χ0v) is 16.3. The van der Waals surface area contributed by atoms with Crippen LogP contribution in [0.15, 0.2) is 105 Å². The topological polar surface area (TPSA) is 92.2 Å². The minimum atomic E-state index is -4.94. The van der Waals surface area contributed by atoms with Gasteiger partial charge in [-0.05, 0) is 48.5 Å². The highest BCUT2D eigenvalue weighted by Gasteiger charge is 2.18. The zero-order chi connectivity index (χ0) is 19.0. The molecule has 1 atom stereocenters. The summed E-state index contributed by atoms with van der Waals surface area (Å²) in [7, 11) is -4.81. The normalized spacial score (nSPS) is 12.0. The van der Waals surface area contributed by atoms with Crippen LogP contribution in [-0.2, 0) is 10.9 Å². The van der Waals surface area contributed by atoms with E-state index in [4.69, 9.17) is 18.6 Å². The molecule has 0 saturated carbocycles. The van der Waals surface area contributed by atoms with Crippen LogP contribution in [0, 0.1) is 10.2 Å². The average molecular weight is 409 g/mol. The van der Waals surface area contributed by atoms with Crippen LogP contribution < -0.4 is 18.6 Å². The second-order valence-electron chi connectivity index (χ2n) is 5.09. The molecule has 0 fully saturated rings. The summed E-state index contributed by atoms with van der Waals surface area (Å²) in [6, 6.07) is 30.1. The van der Waals surface area contributed by atoms with Crippen LogP contribution >= 0.6 is 11.8 Å². The number of hydrogen-bond donors (Lipinski definition) is 0. The van der Waals surface area contributed by atoms with Gasteiger partial charge in [-0.15, -0.1) is 10.2 Å². The van der Waals surface area contributed by atoms with E-state index in [0.29, 0.717) is 0 Å². The van der Waals surface area contributed by atoms with Crippen molar-refractivity contribution in [1.82, 2.24) is 0 Å². The Bertz CT molecular complexity index is 772. The maximum absolute atomic E-state index is 8.49. The average Bonchev–Trinajstić information content (AvgIpc) is 2.62. The van der Waals surface area contributed by atoms with Crippen molar-refractivity contribution < 1.29 is 28.9 Å². The summed E-state index contributed by atoms with van der Waals surface area (Å²) in [5.74, 6) is 0. The summed E-state index contributed by atoms with van der Waals surface area (Å²) in [5, 5.41) is 0. The second-order valence-corrected chi connectivity index (χ2v) is 8.95. The number of hydrogen-bond acceptors (Lipinski definition) is 5. The summed E-state index contributed by atoms with van der Waals surface area (Å²) in [5.41, 5.74) is 0. The Morgan fingerprint density at radius 3 is 1.50 bits per heavy atom. The molecule has 0 aliphatic rings. The minimum Gasteiger partial charge on any atom is -0.222 e. The first kappa shape index (κ1) is 20.8. The molecule has 0 spiro atoms. The Kier molecular flexibility index (Phi) is 7.99. The molecule has 0 heterocycles. The highest BCUT2D eigenvalue weighted by atomic mass is 35.7. The summed E-state index contributed by atoms with van der Waals surface area (Å²) in [4.78, 5) is 5.35. The predicted octanol–water partition coefficient (Wildman–Crippen LogP) is 0.748. The van der Waals surface area contributed by atoms with Crippen LogP contribution in [-0.4, -0.2) is 6.26 Å². The van der Waals surface area contributed by atoms with Gasteiger partial charge in [0.2, 0.25) is 0 Å². The standard InChI is InChI=1S/C19H17S2.ClHO4/c1-21(18-10-6-3-7-11-18)19-14-12-17(13-15-19)20-16-8-4-2-5-9-16;2-1(3,4)5/h2-15H,1H3;(H,2,3,4,5)/q+1;/p-1. The van der Waals surface area contributed by atoms with E-state index in [1.165, 1.54) is 19.6 Å². The van der Waals surface area contributed by atoms with Crippen LogP contribution in [0.2, 0.25) is 0 Å². The van der Waals surface area contributed by atoms with Gasteiger partial charge in [-0.1, -0.05) is 48.2 Å². The third-order valence-electron chi connectivity index (χ3n) is 3.25. The van der Waals surface area contributed by atoms with Gasteiger partial charge < -0.3 is 0 Å². The van der Waals surface area contributed by atoms with Crippen LogP contribution in [0.5, 0.6) is 0 Å². The molecule has 136 valence electrons. The van der Waals surface area contributed by atoms with Crippen molar-refractivity contribution in [2.45, 2.75) is 19.6 Å². The molecule has 0 N–H and O–H groups in total. The van der Waals surface area contributed by atoms with Gasteiger partial charge in [0.15, 0.2) is 9.79 Å². The summed E-state index contributed by atoms with van der Waals surface area (Å²) in [6.07, 6.45) is 2.29. The Hall–Kier alpha value is -1.51. The van der Waals surface area contributed by atoms with Crippen molar-refractivity contribution in [3.8, 4) is 0 Å². The Morgan fingerprint density at radius 2 is 1.00 bits per heavy atom. The molecular formula is C19H17ClO4S2. The fourth-order valence-corrected chi connectivity index (χ4v) is 4.32. The first-order valence-corrected chi connectivity index (χ1v) is 11.2. The van der Waals surface area contributed by atoms with Crippen LogP contribution in [0.3, 0.4) is 0 Å². The second kappa shape index (κ2) is 9.99. The SMILES string of the molecule is C[S+](c1ccccc1)c1ccc(Sc2ccccc2)cc1.[O-][Cl+3]([O-])([O-])[O-]. The van der Waals surface area contributed by atoms with Crippen molar-refractivity contribution in [2.24, 2.45) is 0 Å². The predicted molar refractivity (Wildman–Crippen MR) is 93.3 cm³/mol. The van der Waals surface area contributed by atoms with Gasteiger partial charge in [0.1, 0.15) is 6.26 Å². The van der Waals surface area contributed by atoms with E-state index >= 15 is 0 Å². The molecule has 0 aliphatic carbocycles. The van der Waals surface area contributed by atoms with Crippen LogP contribution in [0.25, 0.3) is 0 Å². The van der Waals surface area contributed by atoms with Crippen molar-refractivity contribution in [3.05, 3.63) is 84.9 Å². The maximum Gasteiger partial charge on any atom is 0.160 e. The van der Waals surface area contributed by atoms with E-state index in [0.717, 1.165) is 0 Å².